The molecule has 0 atom stereocenters. The Morgan fingerprint density at radius 3 is 2.43 bits per heavy atom. The molecular formula is C19H17NO2S. The van der Waals surface area contributed by atoms with Crippen LogP contribution in [0.2, 0.25) is 0 Å². The number of para-hydroxylation sites is 1. The van der Waals surface area contributed by atoms with Crippen LogP contribution in [0.3, 0.4) is 0 Å². The van der Waals surface area contributed by atoms with Crippen molar-refractivity contribution in [3.63, 3.8) is 0 Å². The minimum atomic E-state index is -3.60. The number of hydrogen-bond donors (Lipinski definition) is 0. The van der Waals surface area contributed by atoms with Gasteiger partial charge in [-0.25, -0.2) is 12.4 Å². The highest BCUT2D eigenvalue weighted by Gasteiger charge is 2.27. The molecule has 3 nitrogen and oxygen atoms in total. The quantitative estimate of drug-likeness (QED) is 0.670. The molecule has 0 unspecified atom stereocenters. The summed E-state index contributed by atoms with van der Waals surface area (Å²) in [5, 5.41) is 1.03. The van der Waals surface area contributed by atoms with E-state index < -0.39 is 10.0 Å². The Kier molecular flexibility index (Phi) is 3.16. The second kappa shape index (κ2) is 5.10. The van der Waals surface area contributed by atoms with E-state index in [0.29, 0.717) is 11.3 Å². The number of rotatable bonds is 2. The molecule has 3 aromatic rings. The first-order valence-corrected chi connectivity index (χ1v) is 9.10. The first kappa shape index (κ1) is 14.3. The summed E-state index contributed by atoms with van der Waals surface area (Å²) in [5.74, 6) is 0. The molecular weight excluding hydrogens is 306 g/mol. The number of nitrogens with zero attached hydrogens (tertiary/aromatic N) is 1. The molecule has 0 saturated carbocycles. The molecule has 1 aliphatic carbocycles. The molecule has 4 heteroatoms. The van der Waals surface area contributed by atoms with Crippen LogP contribution in [0.15, 0.2) is 71.1 Å². The fourth-order valence-electron chi connectivity index (χ4n) is 3.32. The maximum Gasteiger partial charge on any atom is 0.268 e. The topological polar surface area (TPSA) is 39.1 Å². The smallest absolute Gasteiger partial charge is 0.237 e. The Bertz CT molecular complexity index is 1030. The highest BCUT2D eigenvalue weighted by atomic mass is 32.2. The van der Waals surface area contributed by atoms with Gasteiger partial charge in [0.2, 0.25) is 0 Å². The van der Waals surface area contributed by atoms with E-state index in [1.807, 2.05) is 30.3 Å². The van der Waals surface area contributed by atoms with Gasteiger partial charge >= 0.3 is 0 Å². The minimum absolute atomic E-state index is 0.329. The number of hydrogen-bond acceptors (Lipinski definition) is 2. The third kappa shape index (κ3) is 2.13. The fraction of sp³-hybridized carbons (Fsp3) is 0.158. The first-order chi connectivity index (χ1) is 11.1. The van der Waals surface area contributed by atoms with Crippen molar-refractivity contribution >= 4 is 20.9 Å². The van der Waals surface area contributed by atoms with Crippen molar-refractivity contribution in [2.75, 3.05) is 0 Å². The molecule has 116 valence electrons. The number of benzene rings is 2. The lowest BCUT2D eigenvalue weighted by atomic mass is 9.96. The summed E-state index contributed by atoms with van der Waals surface area (Å²) in [6, 6.07) is 16.4. The van der Waals surface area contributed by atoms with Gasteiger partial charge in [-0.1, -0.05) is 48.0 Å². The maximum absolute atomic E-state index is 13.2. The van der Waals surface area contributed by atoms with Gasteiger partial charge in [-0.15, -0.1) is 0 Å². The normalized spacial score (nSPS) is 14.6. The molecule has 1 aromatic heterocycles. The lowest BCUT2D eigenvalue weighted by molar-refractivity contribution is 0.587. The van der Waals surface area contributed by atoms with Crippen molar-refractivity contribution in [1.29, 1.82) is 0 Å². The van der Waals surface area contributed by atoms with Crippen LogP contribution in [-0.2, 0) is 22.9 Å². The Balaban J connectivity index is 2.07. The predicted molar refractivity (Wildman–Crippen MR) is 92.1 cm³/mol. The van der Waals surface area contributed by atoms with Crippen LogP contribution in [-0.4, -0.2) is 12.4 Å². The third-order valence-corrected chi connectivity index (χ3v) is 6.19. The van der Waals surface area contributed by atoms with Crippen molar-refractivity contribution in [2.45, 2.75) is 24.7 Å². The van der Waals surface area contributed by atoms with Crippen molar-refractivity contribution < 1.29 is 8.42 Å². The van der Waals surface area contributed by atoms with E-state index in [1.165, 1.54) is 5.57 Å². The monoisotopic (exact) mass is 323 g/mol. The average Bonchev–Trinajstić information content (AvgIpc) is 2.89. The van der Waals surface area contributed by atoms with E-state index in [4.69, 9.17) is 0 Å². The molecule has 1 aliphatic rings. The summed E-state index contributed by atoms with van der Waals surface area (Å²) in [5.41, 5.74) is 4.01. The summed E-state index contributed by atoms with van der Waals surface area (Å²) in [6.07, 6.45) is 3.66. The molecule has 0 aliphatic heterocycles. The van der Waals surface area contributed by atoms with Crippen molar-refractivity contribution in [1.82, 2.24) is 3.97 Å². The number of fused-ring (bicyclic) bond motifs is 3. The molecule has 4 rings (SSSR count). The van der Waals surface area contributed by atoms with E-state index in [9.17, 15) is 8.42 Å². The Labute approximate surface area is 135 Å². The summed E-state index contributed by atoms with van der Waals surface area (Å²) in [7, 11) is -3.60. The molecule has 0 radical (unpaired) electrons. The van der Waals surface area contributed by atoms with Crippen LogP contribution in [0.25, 0.3) is 10.9 Å². The Morgan fingerprint density at radius 2 is 1.65 bits per heavy atom. The van der Waals surface area contributed by atoms with Crippen LogP contribution in [0.1, 0.15) is 18.2 Å². The number of aromatic nitrogens is 1. The molecule has 2 aromatic carbocycles. The van der Waals surface area contributed by atoms with Crippen LogP contribution in [0.4, 0.5) is 0 Å². The molecule has 0 bridgehead atoms. The largest absolute Gasteiger partial charge is 0.268 e. The van der Waals surface area contributed by atoms with Gasteiger partial charge in [-0.2, -0.15) is 0 Å². The van der Waals surface area contributed by atoms with E-state index in [-0.39, 0.29) is 0 Å². The zero-order chi connectivity index (χ0) is 16.0. The highest BCUT2D eigenvalue weighted by Crippen LogP contribution is 2.34. The lowest BCUT2D eigenvalue weighted by Gasteiger charge is -2.16. The zero-order valence-electron chi connectivity index (χ0n) is 12.9. The SMILES string of the molecule is CC1=CCc2c(n(S(=O)(=O)c3ccccc3)c3ccccc23)C1. The molecule has 0 N–H and O–H groups in total. The van der Waals surface area contributed by atoms with Crippen molar-refractivity contribution in [3.05, 3.63) is 77.5 Å². The molecule has 0 fully saturated rings. The number of allylic oxidation sites excluding steroid dienone is 2. The van der Waals surface area contributed by atoms with Gasteiger partial charge in [-0.3, -0.25) is 0 Å². The van der Waals surface area contributed by atoms with Gasteiger partial charge in [-0.05, 0) is 37.1 Å². The van der Waals surface area contributed by atoms with E-state index in [0.717, 1.165) is 28.6 Å². The van der Waals surface area contributed by atoms with Gasteiger partial charge in [0.15, 0.2) is 0 Å². The summed E-state index contributed by atoms with van der Waals surface area (Å²) >= 11 is 0. The van der Waals surface area contributed by atoms with Crippen molar-refractivity contribution in [3.8, 4) is 0 Å². The van der Waals surface area contributed by atoms with Gasteiger partial charge in [0.1, 0.15) is 0 Å². The second-order valence-corrected chi connectivity index (χ2v) is 7.74. The molecule has 23 heavy (non-hydrogen) atoms. The molecule has 0 amide bonds. The van der Waals surface area contributed by atoms with Crippen LogP contribution < -0.4 is 0 Å². The third-order valence-electron chi connectivity index (χ3n) is 4.42. The first-order valence-electron chi connectivity index (χ1n) is 7.66. The van der Waals surface area contributed by atoms with Crippen molar-refractivity contribution in [2.24, 2.45) is 0 Å². The Morgan fingerprint density at radius 1 is 0.957 bits per heavy atom. The van der Waals surface area contributed by atoms with Gasteiger partial charge < -0.3 is 0 Å². The summed E-state index contributed by atoms with van der Waals surface area (Å²) < 4.78 is 28.0. The van der Waals surface area contributed by atoms with Gasteiger partial charge in [0.25, 0.3) is 10.0 Å². The van der Waals surface area contributed by atoms with Gasteiger partial charge in [0.05, 0.1) is 10.4 Å². The lowest BCUT2D eigenvalue weighted by Crippen LogP contribution is -2.17. The molecule has 0 spiro atoms. The second-order valence-electron chi connectivity index (χ2n) is 5.96. The Hall–Kier alpha value is -2.33. The average molecular weight is 323 g/mol. The highest BCUT2D eigenvalue weighted by molar-refractivity contribution is 7.90. The summed E-state index contributed by atoms with van der Waals surface area (Å²) in [4.78, 5) is 0.329. The van der Waals surface area contributed by atoms with E-state index in [2.05, 4.69) is 13.0 Å². The van der Waals surface area contributed by atoms with Crippen LogP contribution >= 0.6 is 0 Å². The predicted octanol–water partition coefficient (Wildman–Crippen LogP) is 3.92. The van der Waals surface area contributed by atoms with E-state index >= 15 is 0 Å². The van der Waals surface area contributed by atoms with Gasteiger partial charge in [0, 0.05) is 17.5 Å². The fourth-order valence-corrected chi connectivity index (χ4v) is 4.92. The minimum Gasteiger partial charge on any atom is -0.237 e. The van der Waals surface area contributed by atoms with Crippen LogP contribution in [0.5, 0.6) is 0 Å². The van der Waals surface area contributed by atoms with Crippen LogP contribution in [0, 0.1) is 0 Å². The van der Waals surface area contributed by atoms with E-state index in [1.54, 1.807) is 28.2 Å². The summed E-state index contributed by atoms with van der Waals surface area (Å²) in [6.45, 7) is 2.06. The molecule has 0 saturated heterocycles. The molecule has 1 heterocycles. The maximum atomic E-state index is 13.2. The zero-order valence-corrected chi connectivity index (χ0v) is 13.7. The standard InChI is InChI=1S/C19H17NO2S/c1-14-11-12-17-16-9-5-6-10-18(16)20(19(17)13-14)23(21,22)15-7-3-2-4-8-15/h2-11H,12-13H2,1H3.